The third-order valence-corrected chi connectivity index (χ3v) is 6.85. The second-order valence-electron chi connectivity index (χ2n) is 10.2. The molecule has 0 saturated carbocycles. The van der Waals surface area contributed by atoms with Gasteiger partial charge in [-0.2, -0.15) is 0 Å². The molecule has 0 aliphatic rings. The molecule has 182 valence electrons. The van der Waals surface area contributed by atoms with Crippen LogP contribution in [0.25, 0.3) is 0 Å². The van der Waals surface area contributed by atoms with E-state index in [1.165, 1.54) is 135 Å². The maximum absolute atomic E-state index is 2.51. The first-order valence-electron chi connectivity index (χ1n) is 14.3. The van der Waals surface area contributed by atoms with Crippen molar-refractivity contribution in [2.75, 3.05) is 0 Å². The van der Waals surface area contributed by atoms with E-state index in [-0.39, 0.29) is 0 Å². The molecular formula is C29H57N2+. The highest BCUT2D eigenvalue weighted by Crippen LogP contribution is 2.15. The molecule has 1 aromatic heterocycles. The minimum absolute atomic E-state index is 0.573. The van der Waals surface area contributed by atoms with Crippen LogP contribution in [0, 0.1) is 0 Å². The maximum atomic E-state index is 2.51. The number of hydrogen-bond donors (Lipinski definition) is 0. The highest BCUT2D eigenvalue weighted by atomic mass is 15.2. The van der Waals surface area contributed by atoms with E-state index >= 15 is 0 Å². The van der Waals surface area contributed by atoms with Crippen LogP contribution in [-0.2, 0) is 13.0 Å². The Morgan fingerprint density at radius 2 is 1.03 bits per heavy atom. The van der Waals surface area contributed by atoms with Crippen molar-refractivity contribution in [1.29, 1.82) is 0 Å². The molecule has 0 N–H and O–H groups in total. The second-order valence-corrected chi connectivity index (χ2v) is 10.2. The van der Waals surface area contributed by atoms with E-state index < -0.39 is 0 Å². The Labute approximate surface area is 196 Å². The molecule has 1 rings (SSSR count). The van der Waals surface area contributed by atoms with Crippen LogP contribution >= 0.6 is 0 Å². The first kappa shape index (κ1) is 28.2. The zero-order valence-electron chi connectivity index (χ0n) is 22.0. The predicted molar refractivity (Wildman–Crippen MR) is 138 cm³/mol. The second kappa shape index (κ2) is 19.9. The van der Waals surface area contributed by atoms with Crippen LogP contribution in [0.15, 0.2) is 12.4 Å². The van der Waals surface area contributed by atoms with Gasteiger partial charge in [0, 0.05) is 6.42 Å². The minimum Gasteiger partial charge on any atom is -0.234 e. The van der Waals surface area contributed by atoms with Crippen LogP contribution in [0.1, 0.15) is 162 Å². The highest BCUT2D eigenvalue weighted by molar-refractivity contribution is 4.86. The Balaban J connectivity index is 1.95. The zero-order valence-corrected chi connectivity index (χ0v) is 22.0. The van der Waals surface area contributed by atoms with Gasteiger partial charge >= 0.3 is 0 Å². The van der Waals surface area contributed by atoms with Crippen LogP contribution in [0.5, 0.6) is 0 Å². The van der Waals surface area contributed by atoms with E-state index in [0.29, 0.717) is 6.04 Å². The molecule has 0 aliphatic carbocycles. The van der Waals surface area contributed by atoms with Crippen LogP contribution in [-0.4, -0.2) is 4.57 Å². The lowest BCUT2D eigenvalue weighted by Crippen LogP contribution is -2.37. The number of imidazole rings is 1. The van der Waals surface area contributed by atoms with Gasteiger partial charge in [0.2, 0.25) is 0 Å². The predicted octanol–water partition coefficient (Wildman–Crippen LogP) is 9.35. The van der Waals surface area contributed by atoms with Crippen LogP contribution in [0.4, 0.5) is 0 Å². The molecule has 0 atom stereocenters. The summed E-state index contributed by atoms with van der Waals surface area (Å²) in [6.07, 6.45) is 33.0. The molecule has 31 heavy (non-hydrogen) atoms. The normalized spacial score (nSPS) is 11.6. The molecule has 0 unspecified atom stereocenters. The fourth-order valence-corrected chi connectivity index (χ4v) is 4.76. The zero-order chi connectivity index (χ0) is 22.6. The van der Waals surface area contributed by atoms with E-state index in [9.17, 15) is 0 Å². The Bertz CT molecular complexity index is 503. The Hall–Kier alpha value is -0.790. The number of hydrogen-bond acceptors (Lipinski definition) is 0. The van der Waals surface area contributed by atoms with E-state index in [1.54, 1.807) is 5.82 Å². The summed E-state index contributed by atoms with van der Waals surface area (Å²) >= 11 is 0. The van der Waals surface area contributed by atoms with Gasteiger partial charge in [0.05, 0.1) is 12.6 Å². The molecule has 0 spiro atoms. The van der Waals surface area contributed by atoms with Gasteiger partial charge < -0.3 is 0 Å². The molecule has 0 aliphatic heterocycles. The molecule has 1 heterocycles. The van der Waals surface area contributed by atoms with Gasteiger partial charge in [0.1, 0.15) is 12.4 Å². The fourth-order valence-electron chi connectivity index (χ4n) is 4.76. The van der Waals surface area contributed by atoms with E-state index in [2.05, 4.69) is 49.2 Å². The molecule has 1 aromatic rings. The maximum Gasteiger partial charge on any atom is 0.256 e. The first-order chi connectivity index (χ1) is 15.2. The molecule has 2 heteroatoms. The lowest BCUT2D eigenvalue weighted by atomic mass is 10.0. The number of aromatic nitrogens is 2. The van der Waals surface area contributed by atoms with Crippen molar-refractivity contribution in [2.24, 2.45) is 0 Å². The van der Waals surface area contributed by atoms with E-state index in [0.717, 1.165) is 0 Å². The standard InChI is InChI=1S/C29H57N2/c1-5-7-9-10-11-12-13-14-15-16-17-18-19-20-21-22-23-24-29-30(25-8-6-2)26-27-31(29)28(3)4/h26-28H,5-25H2,1-4H3/q+1. The highest BCUT2D eigenvalue weighted by Gasteiger charge is 2.18. The van der Waals surface area contributed by atoms with Crippen molar-refractivity contribution in [3.8, 4) is 0 Å². The smallest absolute Gasteiger partial charge is 0.234 e. The lowest BCUT2D eigenvalue weighted by molar-refractivity contribution is -0.704. The van der Waals surface area contributed by atoms with Crippen molar-refractivity contribution in [3.05, 3.63) is 18.2 Å². The molecule has 0 radical (unpaired) electrons. The van der Waals surface area contributed by atoms with E-state index in [1.807, 2.05) is 0 Å². The topological polar surface area (TPSA) is 8.81 Å². The largest absolute Gasteiger partial charge is 0.256 e. The summed E-state index contributed by atoms with van der Waals surface area (Å²) in [6.45, 7) is 10.4. The summed E-state index contributed by atoms with van der Waals surface area (Å²) in [6, 6.07) is 0.573. The quantitative estimate of drug-likeness (QED) is 0.127. The summed E-state index contributed by atoms with van der Waals surface area (Å²) in [5.74, 6) is 1.55. The molecule has 0 saturated heterocycles. The Morgan fingerprint density at radius 3 is 1.45 bits per heavy atom. The van der Waals surface area contributed by atoms with Crippen LogP contribution in [0.2, 0.25) is 0 Å². The molecule has 0 aromatic carbocycles. The summed E-state index contributed by atoms with van der Waals surface area (Å²) in [4.78, 5) is 0. The Morgan fingerprint density at radius 1 is 0.613 bits per heavy atom. The van der Waals surface area contributed by atoms with Crippen molar-refractivity contribution in [3.63, 3.8) is 0 Å². The van der Waals surface area contributed by atoms with Gasteiger partial charge in [-0.3, -0.25) is 0 Å². The van der Waals surface area contributed by atoms with Gasteiger partial charge in [-0.05, 0) is 26.7 Å². The van der Waals surface area contributed by atoms with Crippen molar-refractivity contribution in [1.82, 2.24) is 4.57 Å². The molecule has 0 amide bonds. The van der Waals surface area contributed by atoms with Crippen molar-refractivity contribution >= 4 is 0 Å². The molecular weight excluding hydrogens is 376 g/mol. The SMILES string of the molecule is CCCCCCCCCCCCCCCCCCCc1n(C(C)C)cc[n+]1CCCC. The minimum atomic E-state index is 0.573. The van der Waals surface area contributed by atoms with Crippen molar-refractivity contribution < 1.29 is 4.57 Å². The van der Waals surface area contributed by atoms with Crippen LogP contribution < -0.4 is 4.57 Å². The summed E-state index contributed by atoms with van der Waals surface area (Å²) in [5.41, 5.74) is 0. The summed E-state index contributed by atoms with van der Waals surface area (Å²) in [7, 11) is 0. The third-order valence-electron chi connectivity index (χ3n) is 6.85. The van der Waals surface area contributed by atoms with Crippen molar-refractivity contribution in [2.45, 2.75) is 169 Å². The average molecular weight is 434 g/mol. The van der Waals surface area contributed by atoms with Gasteiger partial charge in [0.25, 0.3) is 5.82 Å². The molecule has 2 nitrogen and oxygen atoms in total. The number of nitrogens with zero attached hydrogens (tertiary/aromatic N) is 2. The molecule has 0 fully saturated rings. The summed E-state index contributed by atoms with van der Waals surface area (Å²) in [5, 5.41) is 0. The first-order valence-corrected chi connectivity index (χ1v) is 14.3. The number of unbranched alkanes of at least 4 members (excludes halogenated alkanes) is 17. The number of aryl methyl sites for hydroxylation is 1. The number of rotatable bonds is 22. The van der Waals surface area contributed by atoms with Gasteiger partial charge in [-0.1, -0.05) is 123 Å². The monoisotopic (exact) mass is 433 g/mol. The van der Waals surface area contributed by atoms with Gasteiger partial charge in [-0.15, -0.1) is 0 Å². The Kier molecular flexibility index (Phi) is 18.1. The van der Waals surface area contributed by atoms with E-state index in [4.69, 9.17) is 0 Å². The fraction of sp³-hybridized carbons (Fsp3) is 0.897. The average Bonchev–Trinajstić information content (AvgIpc) is 3.17. The lowest BCUT2D eigenvalue weighted by Gasteiger charge is -2.08. The summed E-state index contributed by atoms with van der Waals surface area (Å²) < 4.78 is 5.00. The molecule has 0 bridgehead atoms. The van der Waals surface area contributed by atoms with Crippen LogP contribution in [0.3, 0.4) is 0 Å². The van der Waals surface area contributed by atoms with Gasteiger partial charge in [0.15, 0.2) is 0 Å². The van der Waals surface area contributed by atoms with Gasteiger partial charge in [-0.25, -0.2) is 9.13 Å². The third kappa shape index (κ3) is 14.1.